The molecule has 0 radical (unpaired) electrons. The van der Waals surface area contributed by atoms with E-state index in [0.717, 1.165) is 5.56 Å². The van der Waals surface area contributed by atoms with Gasteiger partial charge in [0.05, 0.1) is 5.22 Å². The van der Waals surface area contributed by atoms with Gasteiger partial charge in [0.15, 0.2) is 0 Å². The maximum absolute atomic E-state index is 12.0. The van der Waals surface area contributed by atoms with Crippen LogP contribution in [0.5, 0.6) is 0 Å². The second-order valence-corrected chi connectivity index (χ2v) is 13.1. The van der Waals surface area contributed by atoms with Crippen LogP contribution in [0, 0.1) is 5.92 Å². The van der Waals surface area contributed by atoms with E-state index in [1.807, 2.05) is 0 Å². The number of fused-ring (bicyclic) bond motifs is 2. The number of aliphatic hydroxyl groups is 1. The van der Waals surface area contributed by atoms with Crippen molar-refractivity contribution in [1.29, 1.82) is 0 Å². The first kappa shape index (κ1) is 19.5. The molecule has 2 unspecified atom stereocenters. The molecule has 0 fully saturated rings. The van der Waals surface area contributed by atoms with Gasteiger partial charge >= 0.3 is 18.9 Å². The molecule has 1 nitrogen and oxygen atoms in total. The molecular weight excluding hydrogens is 327 g/mol. The summed E-state index contributed by atoms with van der Waals surface area (Å²) in [6, 6.07) is 17.1. The fourth-order valence-corrected chi connectivity index (χ4v) is 8.11. The molecule has 2 aromatic carbocycles. The second-order valence-electron chi connectivity index (χ2n) is 8.25. The van der Waals surface area contributed by atoms with E-state index in [4.69, 9.17) is 0 Å². The fourth-order valence-electron chi connectivity index (χ4n) is 4.57. The first-order chi connectivity index (χ1) is 11.9. The molecule has 0 heterocycles. The van der Waals surface area contributed by atoms with Crippen LogP contribution in [0.4, 0.5) is 0 Å². The molecule has 2 atom stereocenters. The van der Waals surface area contributed by atoms with Crippen molar-refractivity contribution in [1.82, 2.24) is 0 Å². The normalized spacial score (nSPS) is 23.5. The zero-order chi connectivity index (χ0) is 17.8. The predicted octanol–water partition coefficient (Wildman–Crippen LogP) is 4.88. The van der Waals surface area contributed by atoms with Gasteiger partial charge in [0.1, 0.15) is 8.07 Å². The molecular formula is C23H27LiOSi. The van der Waals surface area contributed by atoms with Gasteiger partial charge in [0.2, 0.25) is 0 Å². The monoisotopic (exact) mass is 354 g/mol. The van der Waals surface area contributed by atoms with Crippen LogP contribution in [-0.2, 0) is 5.22 Å². The van der Waals surface area contributed by atoms with Crippen LogP contribution in [0.15, 0.2) is 60.7 Å². The summed E-state index contributed by atoms with van der Waals surface area (Å²) in [6.45, 7) is 9.10. The molecule has 26 heavy (non-hydrogen) atoms. The van der Waals surface area contributed by atoms with Crippen LogP contribution in [0.25, 0.3) is 11.6 Å². The van der Waals surface area contributed by atoms with Crippen LogP contribution in [0.1, 0.15) is 41.6 Å². The van der Waals surface area contributed by atoms with Gasteiger partial charge < -0.3 is 5.11 Å². The summed E-state index contributed by atoms with van der Waals surface area (Å²) in [4.78, 5) is 0. The van der Waals surface area contributed by atoms with Gasteiger partial charge in [0, 0.05) is 5.54 Å². The third-order valence-electron chi connectivity index (χ3n) is 6.19. The summed E-state index contributed by atoms with van der Waals surface area (Å²) < 4.78 is 0. The zero-order valence-corrected chi connectivity index (χ0v) is 16.5. The number of rotatable bonds is 3. The predicted molar refractivity (Wildman–Crippen MR) is 116 cm³/mol. The molecule has 0 amide bonds. The second kappa shape index (κ2) is 6.69. The van der Waals surface area contributed by atoms with Crippen LogP contribution in [-0.4, -0.2) is 32.0 Å². The Hall–Kier alpha value is -1.31. The third kappa shape index (κ3) is 2.63. The first-order valence-electron chi connectivity index (χ1n) is 9.18. The summed E-state index contributed by atoms with van der Waals surface area (Å²) in [5.74, 6) is 0.409. The van der Waals surface area contributed by atoms with E-state index in [-0.39, 0.29) is 18.9 Å². The standard InChI is InChI=1S/C23H26OSi.Li.H/c1-16(2)20-15-23(24,21-12-8-7-11-19(20)21)25(3,4)22-14-13-17-9-5-6-10-18(17)22;;/h5-16,22,24H,1-4H3;;. The summed E-state index contributed by atoms with van der Waals surface area (Å²) in [5, 5.41) is 11.2. The van der Waals surface area contributed by atoms with Gasteiger partial charge in [-0.1, -0.05) is 87.6 Å². The van der Waals surface area contributed by atoms with Crippen molar-refractivity contribution in [3.05, 3.63) is 82.9 Å². The van der Waals surface area contributed by atoms with Crippen molar-refractivity contribution in [2.75, 3.05) is 0 Å². The van der Waals surface area contributed by atoms with Crippen LogP contribution in [0.3, 0.4) is 0 Å². The van der Waals surface area contributed by atoms with Crippen LogP contribution in [0.2, 0.25) is 13.1 Å². The molecule has 130 valence electrons. The number of allylic oxidation sites excluding steroid dienone is 2. The molecule has 0 bridgehead atoms. The molecule has 0 saturated heterocycles. The number of hydrogen-bond donors (Lipinski definition) is 1. The SMILES string of the molecule is CC(C)C1=CC(O)([Si](C)(C)C2C=Cc3ccccc32)c2ccccc21.[LiH]. The van der Waals surface area contributed by atoms with Crippen LogP contribution < -0.4 is 0 Å². The van der Waals surface area contributed by atoms with Crippen LogP contribution >= 0.6 is 0 Å². The fraction of sp³-hybridized carbons (Fsp3) is 0.304. The van der Waals surface area contributed by atoms with E-state index >= 15 is 0 Å². The van der Waals surface area contributed by atoms with Gasteiger partial charge in [-0.15, -0.1) is 0 Å². The third-order valence-corrected chi connectivity index (χ3v) is 10.6. The minimum absolute atomic E-state index is 0. The quantitative estimate of drug-likeness (QED) is 0.779. The van der Waals surface area contributed by atoms with E-state index in [2.05, 4.69) is 93.7 Å². The van der Waals surface area contributed by atoms with Crippen molar-refractivity contribution in [2.24, 2.45) is 5.92 Å². The molecule has 2 aliphatic rings. The van der Waals surface area contributed by atoms with Gasteiger partial charge in [-0.25, -0.2) is 0 Å². The Balaban J connectivity index is 0.00000196. The summed E-state index contributed by atoms with van der Waals surface area (Å²) in [7, 11) is -2.16. The molecule has 3 heteroatoms. The molecule has 4 rings (SSSR count). The first-order valence-corrected chi connectivity index (χ1v) is 12.3. The van der Waals surface area contributed by atoms with Gasteiger partial charge in [-0.3, -0.25) is 0 Å². The van der Waals surface area contributed by atoms with E-state index in [9.17, 15) is 5.11 Å². The van der Waals surface area contributed by atoms with Crippen molar-refractivity contribution >= 4 is 38.6 Å². The Morgan fingerprint density at radius 2 is 1.65 bits per heavy atom. The molecule has 0 aliphatic heterocycles. The summed E-state index contributed by atoms with van der Waals surface area (Å²) >= 11 is 0. The molecule has 0 aromatic heterocycles. The Morgan fingerprint density at radius 1 is 1.00 bits per heavy atom. The Kier molecular flexibility index (Phi) is 5.01. The van der Waals surface area contributed by atoms with Gasteiger partial charge in [-0.05, 0) is 39.8 Å². The molecule has 2 aromatic rings. The Bertz CT molecular complexity index is 897. The molecule has 1 N–H and O–H groups in total. The number of benzene rings is 2. The van der Waals surface area contributed by atoms with Gasteiger partial charge in [-0.2, -0.15) is 0 Å². The van der Waals surface area contributed by atoms with Crippen molar-refractivity contribution in [3.8, 4) is 0 Å². The van der Waals surface area contributed by atoms with E-state index in [1.54, 1.807) is 0 Å². The minimum atomic E-state index is -2.16. The van der Waals surface area contributed by atoms with E-state index in [0.29, 0.717) is 11.5 Å². The van der Waals surface area contributed by atoms with Gasteiger partial charge in [0.25, 0.3) is 0 Å². The topological polar surface area (TPSA) is 20.2 Å². The summed E-state index contributed by atoms with van der Waals surface area (Å²) in [5.41, 5.74) is 6.62. The average Bonchev–Trinajstić information content (AvgIpc) is 3.16. The van der Waals surface area contributed by atoms with E-state index in [1.165, 1.54) is 22.3 Å². The molecule has 0 spiro atoms. The molecule has 2 aliphatic carbocycles. The Morgan fingerprint density at radius 3 is 2.38 bits per heavy atom. The van der Waals surface area contributed by atoms with Crippen molar-refractivity contribution in [3.63, 3.8) is 0 Å². The summed E-state index contributed by atoms with van der Waals surface area (Å²) in [6.07, 6.45) is 6.73. The average molecular weight is 354 g/mol. The molecule has 0 saturated carbocycles. The zero-order valence-electron chi connectivity index (χ0n) is 15.5. The Labute approximate surface area is 170 Å². The van der Waals surface area contributed by atoms with Crippen molar-refractivity contribution in [2.45, 2.75) is 37.7 Å². The van der Waals surface area contributed by atoms with Crippen molar-refractivity contribution < 1.29 is 5.11 Å². The maximum atomic E-state index is 12.0. The number of hydrogen-bond acceptors (Lipinski definition) is 1. The van der Waals surface area contributed by atoms with E-state index < -0.39 is 13.3 Å².